The van der Waals surface area contributed by atoms with Gasteiger partial charge in [0, 0.05) is 81.6 Å². The Hall–Kier alpha value is -8.71. The molecule has 0 unspecified atom stereocenters. The second-order valence-corrected chi connectivity index (χ2v) is 25.9. The number of likely N-dealkylation sites (tertiary alicyclic amines) is 1. The molecule has 5 aliphatic heterocycles. The van der Waals surface area contributed by atoms with Gasteiger partial charge in [-0.3, -0.25) is 47.6 Å². The van der Waals surface area contributed by atoms with Crippen molar-refractivity contribution < 1.29 is 46.7 Å². The molecule has 2 saturated heterocycles. The quantitative estimate of drug-likeness (QED) is 0.0788. The van der Waals surface area contributed by atoms with Gasteiger partial charge in [0.05, 0.1) is 73.0 Å². The van der Waals surface area contributed by atoms with Crippen molar-refractivity contribution in [1.82, 2.24) is 54.3 Å². The molecule has 9 N–H and O–H groups in total. The van der Waals surface area contributed by atoms with Crippen LogP contribution in [-0.2, 0) is 58.4 Å². The summed E-state index contributed by atoms with van der Waals surface area (Å²) < 4.78 is 46.1. The summed E-state index contributed by atoms with van der Waals surface area (Å²) in [5.41, 5.74) is 27.8. The number of nitrogens with one attached hydrogen (secondary N) is 1. The van der Waals surface area contributed by atoms with E-state index in [-0.39, 0.29) is 52.8 Å². The van der Waals surface area contributed by atoms with Crippen LogP contribution in [0.5, 0.6) is 0 Å². The van der Waals surface area contributed by atoms with Gasteiger partial charge in [-0.25, -0.2) is 13.2 Å². The molecule has 2 aliphatic carbocycles. The summed E-state index contributed by atoms with van der Waals surface area (Å²) in [6.45, 7) is 8.70. The molecule has 0 spiro atoms. The van der Waals surface area contributed by atoms with E-state index in [0.29, 0.717) is 153 Å². The lowest BCUT2D eigenvalue weighted by Gasteiger charge is -2.33. The smallest absolute Gasteiger partial charge is 0.252 e. The van der Waals surface area contributed by atoms with Crippen molar-refractivity contribution >= 4 is 41.4 Å². The van der Waals surface area contributed by atoms with E-state index >= 15 is 0 Å². The van der Waals surface area contributed by atoms with Crippen LogP contribution in [0, 0.1) is 35.2 Å². The Bertz CT molecular complexity index is 3560. The summed E-state index contributed by atoms with van der Waals surface area (Å²) in [6, 6.07) is 18.3. The third kappa shape index (κ3) is 17.0. The van der Waals surface area contributed by atoms with E-state index in [1.807, 2.05) is 4.90 Å². The average Bonchev–Trinajstić information content (AvgIpc) is 1.64. The van der Waals surface area contributed by atoms with Crippen molar-refractivity contribution in [2.75, 3.05) is 45.8 Å². The van der Waals surface area contributed by atoms with E-state index in [0.717, 1.165) is 51.6 Å². The van der Waals surface area contributed by atoms with E-state index in [9.17, 15) is 46.7 Å². The number of hydrogen-bond acceptors (Lipinski definition) is 12. The number of benzene rings is 3. The van der Waals surface area contributed by atoms with Crippen molar-refractivity contribution in [1.29, 1.82) is 0 Å². The van der Waals surface area contributed by atoms with Gasteiger partial charge in [-0.15, -0.1) is 0 Å². The molecule has 13 rings (SSSR count). The monoisotopic (exact) mass is 1300 g/mol. The van der Waals surface area contributed by atoms with Crippen molar-refractivity contribution in [3.8, 4) is 33.8 Å². The van der Waals surface area contributed by atoms with E-state index in [1.165, 1.54) is 87.8 Å². The maximum Gasteiger partial charge on any atom is 0.252 e. The number of primary amides is 3. The molecule has 22 nitrogen and oxygen atoms in total. The van der Waals surface area contributed by atoms with E-state index < -0.39 is 35.2 Å². The lowest BCUT2D eigenvalue weighted by atomic mass is 9.86. The summed E-state index contributed by atoms with van der Waals surface area (Å²) in [5.74, 6) is -1.67. The van der Waals surface area contributed by atoms with Crippen LogP contribution in [0.25, 0.3) is 33.8 Å². The molecule has 0 bridgehead atoms. The molecule has 7 amide bonds. The Morgan fingerprint density at radius 1 is 0.436 bits per heavy atom. The lowest BCUT2D eigenvalue weighted by Crippen LogP contribution is -2.42. The Kier molecular flexibility index (Phi) is 22.8. The first-order valence-corrected chi connectivity index (χ1v) is 33.3. The van der Waals surface area contributed by atoms with Gasteiger partial charge in [0.25, 0.3) is 17.7 Å². The molecular formula is C69H88F3N15O7. The van der Waals surface area contributed by atoms with E-state index in [2.05, 4.69) is 20.6 Å². The summed E-state index contributed by atoms with van der Waals surface area (Å²) >= 11 is 0. The van der Waals surface area contributed by atoms with Crippen molar-refractivity contribution in [3.05, 3.63) is 124 Å². The van der Waals surface area contributed by atoms with Gasteiger partial charge in [-0.1, -0.05) is 74.9 Å². The molecule has 8 heterocycles. The fourth-order valence-corrected chi connectivity index (χ4v) is 14.1. The first-order valence-electron chi connectivity index (χ1n) is 33.3. The predicted octanol–water partition coefficient (Wildman–Crippen LogP) is 7.68. The summed E-state index contributed by atoms with van der Waals surface area (Å²) in [6.07, 6.45) is 17.7. The largest absolute Gasteiger partial charge is 0.365 e. The number of fused-ring (bicyclic) bond motifs is 3. The van der Waals surface area contributed by atoms with Gasteiger partial charge >= 0.3 is 0 Å². The average molecular weight is 1300 g/mol. The van der Waals surface area contributed by atoms with Gasteiger partial charge in [0.2, 0.25) is 23.6 Å². The minimum absolute atomic E-state index is 0.0245. The Morgan fingerprint density at radius 2 is 0.766 bits per heavy atom. The molecule has 25 heteroatoms. The molecule has 3 aromatic carbocycles. The number of rotatable bonds is 12. The van der Waals surface area contributed by atoms with Gasteiger partial charge < -0.3 is 47.9 Å². The Morgan fingerprint density at radius 3 is 1.07 bits per heavy atom. The molecule has 3 aromatic heterocycles. The zero-order chi connectivity index (χ0) is 66.6. The number of carbonyl (C=O) groups is 7. The highest BCUT2D eigenvalue weighted by atomic mass is 19.1. The first-order chi connectivity index (χ1) is 45.3. The number of piperidine rings is 2. The van der Waals surface area contributed by atoms with E-state index in [4.69, 9.17) is 22.9 Å². The maximum atomic E-state index is 13.7. The van der Waals surface area contributed by atoms with E-state index in [1.54, 1.807) is 72.1 Å². The minimum atomic E-state index is -0.647. The van der Waals surface area contributed by atoms with Crippen LogP contribution in [0.15, 0.2) is 72.8 Å². The zero-order valence-corrected chi connectivity index (χ0v) is 53.7. The van der Waals surface area contributed by atoms with Crippen LogP contribution in [0.1, 0.15) is 164 Å². The minimum Gasteiger partial charge on any atom is -0.365 e. The van der Waals surface area contributed by atoms with Crippen LogP contribution in [-0.4, -0.2) is 142 Å². The van der Waals surface area contributed by atoms with Crippen molar-refractivity contribution in [2.24, 2.45) is 40.7 Å². The summed E-state index contributed by atoms with van der Waals surface area (Å²) in [4.78, 5) is 93.7. The molecule has 94 heavy (non-hydrogen) atoms. The number of hydrogen-bond donors (Lipinski definition) is 5. The lowest BCUT2D eigenvalue weighted by molar-refractivity contribution is -0.135. The van der Waals surface area contributed by atoms with Crippen LogP contribution < -0.4 is 28.3 Å². The third-order valence-electron chi connectivity index (χ3n) is 19.3. The maximum absolute atomic E-state index is 13.7. The van der Waals surface area contributed by atoms with Gasteiger partial charge in [-0.2, -0.15) is 15.3 Å². The molecule has 6 aromatic rings. The second-order valence-electron chi connectivity index (χ2n) is 25.9. The number of carbonyl (C=O) groups excluding carboxylic acids is 7. The fraction of sp³-hybridized carbons (Fsp3) is 0.507. The van der Waals surface area contributed by atoms with Crippen molar-refractivity contribution in [3.63, 3.8) is 0 Å². The summed E-state index contributed by atoms with van der Waals surface area (Å²) in [5, 5.41) is 16.8. The standard InChI is InChI=1S/C22H26FN5O3.C21H25FN4O2.C20H24FN5O2.C6H13N/c1-14(29)26-7-5-15(6-8-26)11-19(30)27-9-10-28-18(13-27)20(22(24)31)21(25-28)16-3-2-4-17(23)12-16;22-16-8-4-7-15(12-16)20-19(21(23)28)17-13-25(9-10-26(17)24-20)18(27)11-14-5-2-1-3-6-14;21-15-3-1-2-14(11-15)19-18(20(22)28)16-12-25(8-9-26(16)24-19)17(27)10-13-4-6-23-7-5-13;7-6-4-2-1-3-5-6/h2-4,12,15H,5-11,13H2,1H3,(H2,24,31);4,7-8,12,14H,1-3,5-6,9-11,13H2,(H2,23,28);1-3,11,13,23H,4-10,12H2,(H2,22,28);6H,1-5,7H2. The first kappa shape index (κ1) is 68.2. The zero-order valence-electron chi connectivity index (χ0n) is 53.7. The SMILES string of the molecule is CC(=O)N1CCC(CC(=O)N2CCn3nc(-c4cccc(F)c4)c(C(N)=O)c3C2)CC1.NC(=O)c1c(-c2cccc(F)c2)nn2c1CN(C(=O)CC1CCCCC1)CC2.NC(=O)c1c(-c2cccc(F)c2)nn2c1CN(C(=O)CC1CCNCC1)CC2.NC1CCCCC1. The topological polar surface area (TPSA) is 302 Å². The molecular weight excluding hydrogens is 1210 g/mol. The number of amides is 7. The predicted molar refractivity (Wildman–Crippen MR) is 347 cm³/mol. The molecule has 2 saturated carbocycles. The number of aromatic nitrogens is 6. The number of halogens is 3. The Labute approximate surface area is 545 Å². The molecule has 4 fully saturated rings. The van der Waals surface area contributed by atoms with Crippen LogP contribution in [0.4, 0.5) is 13.2 Å². The van der Waals surface area contributed by atoms with Gasteiger partial charge in [0.1, 0.15) is 34.5 Å². The highest BCUT2D eigenvalue weighted by molar-refractivity contribution is 6.02. The molecule has 0 atom stereocenters. The van der Waals surface area contributed by atoms with Gasteiger partial charge in [0.15, 0.2) is 0 Å². The third-order valence-corrected chi connectivity index (χ3v) is 19.3. The van der Waals surface area contributed by atoms with Crippen LogP contribution in [0.2, 0.25) is 0 Å². The highest BCUT2D eigenvalue weighted by Gasteiger charge is 2.35. The second kappa shape index (κ2) is 31.5. The Balaban J connectivity index is 0.000000146. The molecule has 7 aliphatic rings. The van der Waals surface area contributed by atoms with Gasteiger partial charge in [-0.05, 0) is 119 Å². The number of nitrogens with two attached hydrogens (primary N) is 4. The van der Waals surface area contributed by atoms with Crippen LogP contribution in [0.3, 0.4) is 0 Å². The highest BCUT2D eigenvalue weighted by Crippen LogP contribution is 2.34. The summed E-state index contributed by atoms with van der Waals surface area (Å²) in [7, 11) is 0. The number of nitrogens with zero attached hydrogens (tertiary/aromatic N) is 10. The van der Waals surface area contributed by atoms with Crippen molar-refractivity contribution in [2.45, 2.75) is 161 Å². The molecule has 502 valence electrons. The van der Waals surface area contributed by atoms with Crippen LogP contribution >= 0.6 is 0 Å². The normalized spacial score (nSPS) is 17.8. The molecule has 0 radical (unpaired) electrons. The fourth-order valence-electron chi connectivity index (χ4n) is 14.1.